The number of hydrogen-bond acceptors (Lipinski definition) is 4. The van der Waals surface area contributed by atoms with Gasteiger partial charge in [-0.25, -0.2) is 4.79 Å². The van der Waals surface area contributed by atoms with E-state index < -0.39 is 23.8 Å². The highest BCUT2D eigenvalue weighted by atomic mass is 19.4. The number of fused-ring (bicyclic) bond motifs is 1. The van der Waals surface area contributed by atoms with Crippen LogP contribution in [0.2, 0.25) is 0 Å². The van der Waals surface area contributed by atoms with Crippen molar-refractivity contribution in [3.8, 4) is 0 Å². The van der Waals surface area contributed by atoms with Gasteiger partial charge in [0, 0.05) is 12.5 Å². The Morgan fingerprint density at radius 2 is 1.89 bits per heavy atom. The Hall–Kier alpha value is -2.09. The minimum Gasteiger partial charge on any atom is -0.467 e. The van der Waals surface area contributed by atoms with Gasteiger partial charge in [0.1, 0.15) is 0 Å². The quantitative estimate of drug-likeness (QED) is 0.751. The molecule has 3 rings (SSSR count). The normalized spacial score (nSPS) is 28.0. The smallest absolute Gasteiger partial charge is 0.416 e. The second-order valence-corrected chi connectivity index (χ2v) is 7.09. The summed E-state index contributed by atoms with van der Waals surface area (Å²) in [6, 6.07) is 4.38. The standard InChI is InChI=1S/C19H22F3NO4/c1-11-3-8-15-14(10-16(27-15)18(25)26-2)23(11)17(24)9-12-4-6-13(7-5-12)19(20,21)22/h4-7,11,14-16H,3,8-10H2,1-2H3. The van der Waals surface area contributed by atoms with Crippen molar-refractivity contribution < 1.29 is 32.2 Å². The molecule has 0 bridgehead atoms. The molecule has 27 heavy (non-hydrogen) atoms. The molecule has 8 heteroatoms. The molecule has 4 unspecified atom stereocenters. The molecule has 0 radical (unpaired) electrons. The summed E-state index contributed by atoms with van der Waals surface area (Å²) in [5.41, 5.74) is -0.221. The molecule has 1 amide bonds. The molecule has 2 aliphatic heterocycles. The SMILES string of the molecule is COC(=O)C1CC2C(CCC(C)N2C(=O)Cc2ccc(C(F)(F)F)cc2)O1. The molecule has 0 aromatic heterocycles. The van der Waals surface area contributed by atoms with Crippen LogP contribution in [0.25, 0.3) is 0 Å². The van der Waals surface area contributed by atoms with Gasteiger partial charge >= 0.3 is 12.1 Å². The van der Waals surface area contributed by atoms with E-state index in [9.17, 15) is 22.8 Å². The zero-order valence-electron chi connectivity index (χ0n) is 15.2. The van der Waals surface area contributed by atoms with Crippen molar-refractivity contribution in [1.29, 1.82) is 0 Å². The van der Waals surface area contributed by atoms with Crippen LogP contribution in [0, 0.1) is 0 Å². The number of likely N-dealkylation sites (tertiary alicyclic amines) is 1. The summed E-state index contributed by atoms with van der Waals surface area (Å²) in [6.45, 7) is 1.94. The van der Waals surface area contributed by atoms with Gasteiger partial charge in [-0.2, -0.15) is 13.2 Å². The van der Waals surface area contributed by atoms with Crippen LogP contribution >= 0.6 is 0 Å². The van der Waals surface area contributed by atoms with Crippen molar-refractivity contribution >= 4 is 11.9 Å². The first-order valence-corrected chi connectivity index (χ1v) is 8.91. The second-order valence-electron chi connectivity index (χ2n) is 7.09. The summed E-state index contributed by atoms with van der Waals surface area (Å²) in [7, 11) is 1.30. The Bertz CT molecular complexity index is 704. The minimum absolute atomic E-state index is 0.00852. The van der Waals surface area contributed by atoms with E-state index in [1.807, 2.05) is 6.92 Å². The molecule has 1 aromatic rings. The third-order valence-corrected chi connectivity index (χ3v) is 5.31. The zero-order valence-corrected chi connectivity index (χ0v) is 15.2. The van der Waals surface area contributed by atoms with Crippen molar-refractivity contribution in [3.63, 3.8) is 0 Å². The van der Waals surface area contributed by atoms with E-state index in [0.29, 0.717) is 12.0 Å². The van der Waals surface area contributed by atoms with Gasteiger partial charge in [-0.05, 0) is 37.5 Å². The molecule has 0 N–H and O–H groups in total. The number of benzene rings is 1. The van der Waals surface area contributed by atoms with Gasteiger partial charge in [0.25, 0.3) is 0 Å². The number of carbonyl (C=O) groups excluding carboxylic acids is 2. The first-order valence-electron chi connectivity index (χ1n) is 8.91. The summed E-state index contributed by atoms with van der Waals surface area (Å²) >= 11 is 0. The molecule has 0 aliphatic carbocycles. The molecule has 2 aliphatic rings. The lowest BCUT2D eigenvalue weighted by molar-refractivity contribution is -0.154. The predicted octanol–water partition coefficient (Wildman–Crippen LogP) is 2.96. The highest BCUT2D eigenvalue weighted by Gasteiger charge is 2.47. The number of halogens is 3. The lowest BCUT2D eigenvalue weighted by Crippen LogP contribution is -2.53. The second kappa shape index (κ2) is 7.50. The van der Waals surface area contributed by atoms with Crippen LogP contribution < -0.4 is 0 Å². The highest BCUT2D eigenvalue weighted by Crippen LogP contribution is 2.36. The van der Waals surface area contributed by atoms with Gasteiger partial charge in [-0.1, -0.05) is 12.1 Å². The van der Waals surface area contributed by atoms with Crippen LogP contribution in [0.5, 0.6) is 0 Å². The average molecular weight is 385 g/mol. The summed E-state index contributed by atoms with van der Waals surface area (Å²) in [4.78, 5) is 26.4. The molecule has 1 aromatic carbocycles. The first kappa shape index (κ1) is 19.7. The van der Waals surface area contributed by atoms with E-state index in [2.05, 4.69) is 0 Å². The zero-order chi connectivity index (χ0) is 19.8. The molecular weight excluding hydrogens is 363 g/mol. The number of amides is 1. The van der Waals surface area contributed by atoms with Crippen molar-refractivity contribution in [1.82, 2.24) is 4.90 Å². The molecular formula is C19H22F3NO4. The number of esters is 1. The minimum atomic E-state index is -4.40. The molecule has 0 saturated carbocycles. The maximum Gasteiger partial charge on any atom is 0.416 e. The summed E-state index contributed by atoms with van der Waals surface area (Å²) in [5.74, 6) is -0.627. The van der Waals surface area contributed by atoms with Gasteiger partial charge in [-0.15, -0.1) is 0 Å². The molecule has 2 fully saturated rings. The van der Waals surface area contributed by atoms with E-state index in [-0.39, 0.29) is 30.5 Å². The molecule has 4 atom stereocenters. The number of ether oxygens (including phenoxy) is 2. The predicted molar refractivity (Wildman–Crippen MR) is 89.8 cm³/mol. The fourth-order valence-corrected chi connectivity index (χ4v) is 3.94. The molecule has 5 nitrogen and oxygen atoms in total. The van der Waals surface area contributed by atoms with Gasteiger partial charge in [0.2, 0.25) is 5.91 Å². The van der Waals surface area contributed by atoms with Crippen LogP contribution in [-0.4, -0.2) is 48.2 Å². The number of nitrogens with zero attached hydrogens (tertiary/aromatic N) is 1. The van der Waals surface area contributed by atoms with Crippen LogP contribution in [0.4, 0.5) is 13.2 Å². The average Bonchev–Trinajstić information content (AvgIpc) is 3.04. The summed E-state index contributed by atoms with van der Waals surface area (Å²) in [6.07, 6.45) is -3.42. The third kappa shape index (κ3) is 4.10. The third-order valence-electron chi connectivity index (χ3n) is 5.31. The fourth-order valence-electron chi connectivity index (χ4n) is 3.94. The molecule has 2 heterocycles. The van der Waals surface area contributed by atoms with Crippen LogP contribution in [0.1, 0.15) is 37.3 Å². The van der Waals surface area contributed by atoms with Gasteiger partial charge in [0.15, 0.2) is 6.10 Å². The Morgan fingerprint density at radius 3 is 2.48 bits per heavy atom. The molecule has 2 saturated heterocycles. The van der Waals surface area contributed by atoms with Gasteiger partial charge in [0.05, 0.1) is 31.2 Å². The van der Waals surface area contributed by atoms with Crippen molar-refractivity contribution in [2.45, 2.75) is 63.1 Å². The van der Waals surface area contributed by atoms with E-state index in [4.69, 9.17) is 9.47 Å². The maximum atomic E-state index is 12.9. The summed E-state index contributed by atoms with van der Waals surface area (Å²) < 4.78 is 48.5. The van der Waals surface area contributed by atoms with E-state index >= 15 is 0 Å². The maximum absolute atomic E-state index is 12.9. The van der Waals surface area contributed by atoms with Crippen molar-refractivity contribution in [2.24, 2.45) is 0 Å². The number of hydrogen-bond donors (Lipinski definition) is 0. The Balaban J connectivity index is 1.72. The lowest BCUT2D eigenvalue weighted by atomic mass is 9.92. The van der Waals surface area contributed by atoms with Crippen molar-refractivity contribution in [2.75, 3.05) is 7.11 Å². The highest BCUT2D eigenvalue weighted by molar-refractivity contribution is 5.80. The first-order chi connectivity index (χ1) is 12.7. The van der Waals surface area contributed by atoms with Gasteiger partial charge in [-0.3, -0.25) is 4.79 Å². The number of methoxy groups -OCH3 is 1. The summed E-state index contributed by atoms with van der Waals surface area (Å²) in [5, 5.41) is 0. The van der Waals surface area contributed by atoms with Crippen LogP contribution in [-0.2, 0) is 31.7 Å². The van der Waals surface area contributed by atoms with Crippen molar-refractivity contribution in [3.05, 3.63) is 35.4 Å². The van der Waals surface area contributed by atoms with E-state index in [1.54, 1.807) is 4.90 Å². The van der Waals surface area contributed by atoms with Crippen LogP contribution in [0.3, 0.4) is 0 Å². The number of alkyl halides is 3. The number of carbonyl (C=O) groups is 2. The lowest BCUT2D eigenvalue weighted by Gasteiger charge is -2.41. The monoisotopic (exact) mass is 385 g/mol. The number of rotatable bonds is 3. The van der Waals surface area contributed by atoms with E-state index in [0.717, 1.165) is 25.0 Å². The largest absolute Gasteiger partial charge is 0.467 e. The fraction of sp³-hybridized carbons (Fsp3) is 0.579. The topological polar surface area (TPSA) is 55.8 Å². The Kier molecular flexibility index (Phi) is 5.46. The molecule has 0 spiro atoms. The van der Waals surface area contributed by atoms with E-state index in [1.165, 1.54) is 19.2 Å². The number of piperidine rings is 1. The Morgan fingerprint density at radius 1 is 1.22 bits per heavy atom. The van der Waals surface area contributed by atoms with Gasteiger partial charge < -0.3 is 14.4 Å². The molecule has 148 valence electrons. The Labute approximate surface area is 155 Å². The van der Waals surface area contributed by atoms with Crippen LogP contribution in [0.15, 0.2) is 24.3 Å².